The Morgan fingerprint density at radius 3 is 2.62 bits per heavy atom. The highest BCUT2D eigenvalue weighted by Gasteiger charge is 2.28. The summed E-state index contributed by atoms with van der Waals surface area (Å²) < 4.78 is 5.42. The summed E-state index contributed by atoms with van der Waals surface area (Å²) in [5.41, 5.74) is 1.10. The molecule has 2 saturated heterocycles. The molecule has 2 aliphatic rings. The first kappa shape index (κ1) is 23.3. The van der Waals surface area contributed by atoms with Crippen LogP contribution in [0.3, 0.4) is 0 Å². The van der Waals surface area contributed by atoms with Gasteiger partial charge in [-0.15, -0.1) is 24.8 Å². The van der Waals surface area contributed by atoms with Gasteiger partial charge >= 0.3 is 0 Å². The van der Waals surface area contributed by atoms with Crippen molar-refractivity contribution in [1.82, 2.24) is 15.1 Å². The van der Waals surface area contributed by atoms with Gasteiger partial charge in [-0.25, -0.2) is 0 Å². The topological polar surface area (TPSA) is 44.8 Å². The SMILES string of the molecule is COc1ccc(Cl)cc1CN1CCN(C(=O)C2CCCNC2)CC1.Cl.Cl. The van der Waals surface area contributed by atoms with Gasteiger partial charge < -0.3 is 15.0 Å². The molecule has 1 amide bonds. The fraction of sp³-hybridized carbons (Fsp3) is 0.611. The lowest BCUT2D eigenvalue weighted by Crippen LogP contribution is -2.51. The van der Waals surface area contributed by atoms with Gasteiger partial charge in [-0.2, -0.15) is 0 Å². The first-order valence-electron chi connectivity index (χ1n) is 8.71. The minimum atomic E-state index is 0. The molecule has 1 aromatic carbocycles. The monoisotopic (exact) mass is 423 g/mol. The van der Waals surface area contributed by atoms with Crippen LogP contribution in [0.25, 0.3) is 0 Å². The van der Waals surface area contributed by atoms with E-state index < -0.39 is 0 Å². The Balaban J connectivity index is 0.00000169. The Kier molecular flexibility index (Phi) is 10.0. The summed E-state index contributed by atoms with van der Waals surface area (Å²) in [5, 5.41) is 4.06. The molecule has 1 aromatic rings. The molecule has 0 aromatic heterocycles. The highest BCUT2D eigenvalue weighted by molar-refractivity contribution is 6.30. The Labute approximate surface area is 173 Å². The molecule has 0 aliphatic carbocycles. The lowest BCUT2D eigenvalue weighted by atomic mass is 9.98. The first-order valence-corrected chi connectivity index (χ1v) is 9.09. The van der Waals surface area contributed by atoms with Gasteiger partial charge in [0.05, 0.1) is 13.0 Å². The van der Waals surface area contributed by atoms with E-state index in [1.165, 1.54) is 0 Å². The Morgan fingerprint density at radius 2 is 2.00 bits per heavy atom. The van der Waals surface area contributed by atoms with E-state index in [0.717, 1.165) is 75.0 Å². The van der Waals surface area contributed by atoms with E-state index in [4.69, 9.17) is 16.3 Å². The summed E-state index contributed by atoms with van der Waals surface area (Å²) in [6.45, 7) is 6.06. The minimum absolute atomic E-state index is 0. The van der Waals surface area contributed by atoms with Crippen molar-refractivity contribution in [3.05, 3.63) is 28.8 Å². The predicted octanol–water partition coefficient (Wildman–Crippen LogP) is 2.84. The summed E-state index contributed by atoms with van der Waals surface area (Å²) in [4.78, 5) is 17.0. The van der Waals surface area contributed by atoms with Crippen LogP contribution in [0.5, 0.6) is 5.75 Å². The molecule has 0 bridgehead atoms. The number of halogens is 3. The highest BCUT2D eigenvalue weighted by Crippen LogP contribution is 2.24. The van der Waals surface area contributed by atoms with Crippen molar-refractivity contribution in [2.45, 2.75) is 19.4 Å². The zero-order chi connectivity index (χ0) is 16.9. The van der Waals surface area contributed by atoms with E-state index in [2.05, 4.69) is 10.2 Å². The van der Waals surface area contributed by atoms with Crippen LogP contribution in [0.15, 0.2) is 18.2 Å². The van der Waals surface area contributed by atoms with Gasteiger partial charge in [0.15, 0.2) is 0 Å². The number of benzene rings is 1. The number of nitrogens with zero attached hydrogens (tertiary/aromatic N) is 2. The van der Waals surface area contributed by atoms with Crippen LogP contribution in [0.1, 0.15) is 18.4 Å². The fourth-order valence-electron chi connectivity index (χ4n) is 3.56. The average molecular weight is 425 g/mol. The summed E-state index contributed by atoms with van der Waals surface area (Å²) in [6, 6.07) is 5.72. The number of carbonyl (C=O) groups is 1. The second-order valence-electron chi connectivity index (χ2n) is 6.60. The summed E-state index contributed by atoms with van der Waals surface area (Å²) in [5.74, 6) is 1.35. The van der Waals surface area contributed by atoms with E-state index in [1.807, 2.05) is 23.1 Å². The standard InChI is InChI=1S/C18H26ClN3O2.2ClH/c1-24-17-5-4-16(19)11-15(17)13-21-7-9-22(10-8-21)18(23)14-3-2-6-20-12-14;;/h4-5,11,14,20H,2-3,6-10,12-13H2,1H3;2*1H. The molecule has 2 fully saturated rings. The number of hydrogen-bond donors (Lipinski definition) is 1. The maximum atomic E-state index is 12.6. The van der Waals surface area contributed by atoms with E-state index in [-0.39, 0.29) is 30.7 Å². The Morgan fingerprint density at radius 1 is 1.27 bits per heavy atom. The number of amides is 1. The molecule has 148 valence electrons. The summed E-state index contributed by atoms with van der Waals surface area (Å²) in [7, 11) is 1.68. The van der Waals surface area contributed by atoms with Gasteiger partial charge in [-0.05, 0) is 37.6 Å². The van der Waals surface area contributed by atoms with Crippen molar-refractivity contribution < 1.29 is 9.53 Å². The van der Waals surface area contributed by atoms with E-state index >= 15 is 0 Å². The third-order valence-corrected chi connectivity index (χ3v) is 5.20. The number of rotatable bonds is 4. The van der Waals surface area contributed by atoms with E-state index in [9.17, 15) is 4.79 Å². The van der Waals surface area contributed by atoms with Crippen molar-refractivity contribution in [1.29, 1.82) is 0 Å². The molecule has 1 N–H and O–H groups in total. The molecule has 0 saturated carbocycles. The summed E-state index contributed by atoms with van der Waals surface area (Å²) in [6.07, 6.45) is 2.12. The second-order valence-corrected chi connectivity index (χ2v) is 7.04. The lowest BCUT2D eigenvalue weighted by Gasteiger charge is -2.37. The molecule has 3 rings (SSSR count). The molecule has 8 heteroatoms. The molecule has 0 radical (unpaired) electrons. The molecule has 1 unspecified atom stereocenters. The van der Waals surface area contributed by atoms with Crippen LogP contribution >= 0.6 is 36.4 Å². The second kappa shape index (κ2) is 11.2. The predicted molar refractivity (Wildman–Crippen MR) is 110 cm³/mol. The third kappa shape index (κ3) is 5.89. The van der Waals surface area contributed by atoms with Crippen LogP contribution in [-0.4, -0.2) is 62.1 Å². The molecule has 1 atom stereocenters. The normalized spacial score (nSPS) is 20.7. The van der Waals surface area contributed by atoms with Crippen LogP contribution in [0, 0.1) is 5.92 Å². The van der Waals surface area contributed by atoms with Crippen LogP contribution in [0.2, 0.25) is 5.02 Å². The van der Waals surface area contributed by atoms with Gasteiger partial charge in [0, 0.05) is 49.9 Å². The molecule has 2 aliphatic heterocycles. The van der Waals surface area contributed by atoms with Gasteiger partial charge in [0.1, 0.15) is 5.75 Å². The van der Waals surface area contributed by atoms with Gasteiger partial charge in [0.2, 0.25) is 5.91 Å². The highest BCUT2D eigenvalue weighted by atomic mass is 35.5. The van der Waals surface area contributed by atoms with Crippen molar-refractivity contribution in [3.8, 4) is 5.75 Å². The van der Waals surface area contributed by atoms with Crippen LogP contribution < -0.4 is 10.1 Å². The average Bonchev–Trinajstić information content (AvgIpc) is 2.63. The molecule has 2 heterocycles. The van der Waals surface area contributed by atoms with Crippen LogP contribution in [-0.2, 0) is 11.3 Å². The molecular weight excluding hydrogens is 397 g/mol. The van der Waals surface area contributed by atoms with Gasteiger partial charge in [-0.1, -0.05) is 11.6 Å². The molecule has 26 heavy (non-hydrogen) atoms. The van der Waals surface area contributed by atoms with E-state index in [1.54, 1.807) is 7.11 Å². The lowest BCUT2D eigenvalue weighted by molar-refractivity contribution is -0.137. The third-order valence-electron chi connectivity index (χ3n) is 4.97. The number of ether oxygens (including phenoxy) is 1. The minimum Gasteiger partial charge on any atom is -0.496 e. The smallest absolute Gasteiger partial charge is 0.227 e. The molecule has 0 spiro atoms. The number of methoxy groups -OCH3 is 1. The summed E-state index contributed by atoms with van der Waals surface area (Å²) >= 11 is 6.11. The van der Waals surface area contributed by atoms with Gasteiger partial charge in [-0.3, -0.25) is 9.69 Å². The van der Waals surface area contributed by atoms with Crippen molar-refractivity contribution in [2.75, 3.05) is 46.4 Å². The number of carbonyl (C=O) groups excluding carboxylic acids is 1. The fourth-order valence-corrected chi connectivity index (χ4v) is 3.75. The number of piperidine rings is 1. The zero-order valence-electron chi connectivity index (χ0n) is 15.1. The Bertz CT molecular complexity index is 575. The quantitative estimate of drug-likeness (QED) is 0.807. The molecule has 5 nitrogen and oxygen atoms in total. The maximum absolute atomic E-state index is 12.6. The van der Waals surface area contributed by atoms with Gasteiger partial charge in [0.25, 0.3) is 0 Å². The number of nitrogens with one attached hydrogen (secondary N) is 1. The Hall–Kier alpha value is -0.720. The van der Waals surface area contributed by atoms with Crippen LogP contribution in [0.4, 0.5) is 0 Å². The first-order chi connectivity index (χ1) is 11.7. The number of hydrogen-bond acceptors (Lipinski definition) is 4. The maximum Gasteiger partial charge on any atom is 0.227 e. The largest absolute Gasteiger partial charge is 0.496 e. The molecular formula is C18H28Cl3N3O2. The van der Waals surface area contributed by atoms with Crippen molar-refractivity contribution >= 4 is 42.3 Å². The van der Waals surface area contributed by atoms with E-state index in [0.29, 0.717) is 5.91 Å². The zero-order valence-corrected chi connectivity index (χ0v) is 17.5. The van der Waals surface area contributed by atoms with Crippen molar-refractivity contribution in [3.63, 3.8) is 0 Å². The number of piperazine rings is 1. The van der Waals surface area contributed by atoms with Crippen molar-refractivity contribution in [2.24, 2.45) is 5.92 Å².